The van der Waals surface area contributed by atoms with Crippen LogP contribution < -0.4 is 9.47 Å². The average Bonchev–Trinajstić information content (AvgIpc) is 3.31. The van der Waals surface area contributed by atoms with E-state index in [-0.39, 0.29) is 19.0 Å². The lowest BCUT2D eigenvalue weighted by molar-refractivity contribution is 0.0597. The highest BCUT2D eigenvalue weighted by molar-refractivity contribution is 5.92. The number of hydrogen-bond acceptors (Lipinski definition) is 6. The zero-order valence-electron chi connectivity index (χ0n) is 18.2. The van der Waals surface area contributed by atoms with Crippen molar-refractivity contribution < 1.29 is 27.8 Å². The third kappa shape index (κ3) is 5.38. The molecule has 0 aliphatic carbocycles. The molecule has 0 aliphatic rings. The maximum absolute atomic E-state index is 13.1. The number of esters is 1. The fourth-order valence-electron chi connectivity index (χ4n) is 3.31. The van der Waals surface area contributed by atoms with Gasteiger partial charge in [0.05, 0.1) is 12.7 Å². The zero-order valence-corrected chi connectivity index (χ0v) is 18.2. The normalized spacial score (nSPS) is 10.6. The van der Waals surface area contributed by atoms with Gasteiger partial charge in [-0.05, 0) is 48.9 Å². The van der Waals surface area contributed by atoms with Crippen molar-refractivity contribution >= 4 is 5.97 Å². The van der Waals surface area contributed by atoms with E-state index in [0.29, 0.717) is 34.2 Å². The molecule has 0 bridgehead atoms. The Morgan fingerprint density at radius 1 is 0.970 bits per heavy atom. The standard InChI is InChI=1S/C26H22FNO5/c1-17-5-3-6-19(24(17)26(29)30-2)14-31-22-7-4-8-23(13-22)32-15-21-16-33-25(28-21)18-9-11-20(27)12-10-18/h3-13,16H,14-15H2,1-2H3. The predicted molar refractivity (Wildman–Crippen MR) is 120 cm³/mol. The summed E-state index contributed by atoms with van der Waals surface area (Å²) in [6, 6.07) is 18.7. The Balaban J connectivity index is 1.39. The fourth-order valence-corrected chi connectivity index (χ4v) is 3.31. The topological polar surface area (TPSA) is 70.8 Å². The van der Waals surface area contributed by atoms with Crippen LogP contribution in [0.4, 0.5) is 4.39 Å². The van der Waals surface area contributed by atoms with Crippen molar-refractivity contribution in [2.24, 2.45) is 0 Å². The summed E-state index contributed by atoms with van der Waals surface area (Å²) in [6.45, 7) is 2.26. The Bertz CT molecular complexity index is 1250. The van der Waals surface area contributed by atoms with E-state index in [1.54, 1.807) is 24.3 Å². The summed E-state index contributed by atoms with van der Waals surface area (Å²) in [4.78, 5) is 16.5. The summed E-state index contributed by atoms with van der Waals surface area (Å²) in [5.41, 5.74) is 3.36. The third-order valence-corrected chi connectivity index (χ3v) is 4.98. The summed E-state index contributed by atoms with van der Waals surface area (Å²) in [5.74, 6) is 0.870. The summed E-state index contributed by atoms with van der Waals surface area (Å²) in [5, 5.41) is 0. The number of oxazole rings is 1. The first-order chi connectivity index (χ1) is 16.0. The second-order valence-corrected chi connectivity index (χ2v) is 7.30. The van der Waals surface area contributed by atoms with Gasteiger partial charge < -0.3 is 18.6 Å². The Hall–Kier alpha value is -4.13. The van der Waals surface area contributed by atoms with Gasteiger partial charge in [0.2, 0.25) is 5.89 Å². The van der Waals surface area contributed by atoms with E-state index < -0.39 is 5.97 Å². The van der Waals surface area contributed by atoms with Crippen LogP contribution in [0.5, 0.6) is 11.5 Å². The molecule has 0 radical (unpaired) electrons. The molecule has 0 N–H and O–H groups in total. The van der Waals surface area contributed by atoms with Gasteiger partial charge in [0.1, 0.15) is 42.5 Å². The van der Waals surface area contributed by atoms with Crippen LogP contribution >= 0.6 is 0 Å². The van der Waals surface area contributed by atoms with Crippen molar-refractivity contribution in [3.05, 3.63) is 101 Å². The quantitative estimate of drug-likeness (QED) is 0.321. The molecule has 0 fully saturated rings. The SMILES string of the molecule is COC(=O)c1c(C)cccc1COc1cccc(OCc2coc(-c3ccc(F)cc3)n2)c1. The summed E-state index contributed by atoms with van der Waals surface area (Å²) in [6.07, 6.45) is 1.51. The predicted octanol–water partition coefficient (Wildman–Crippen LogP) is 5.73. The molecule has 6 nitrogen and oxygen atoms in total. The molecule has 0 saturated carbocycles. The van der Waals surface area contributed by atoms with E-state index in [9.17, 15) is 9.18 Å². The second-order valence-electron chi connectivity index (χ2n) is 7.30. The molecule has 1 aromatic heterocycles. The minimum absolute atomic E-state index is 0.193. The molecular formula is C26H22FNO5. The van der Waals surface area contributed by atoms with E-state index in [1.807, 2.05) is 37.3 Å². The minimum atomic E-state index is -0.392. The molecule has 168 valence electrons. The van der Waals surface area contributed by atoms with Gasteiger partial charge >= 0.3 is 5.97 Å². The maximum Gasteiger partial charge on any atom is 0.338 e. The van der Waals surface area contributed by atoms with E-state index in [2.05, 4.69) is 4.98 Å². The Morgan fingerprint density at radius 2 is 1.67 bits per heavy atom. The number of nitrogens with zero attached hydrogens (tertiary/aromatic N) is 1. The molecule has 3 aromatic carbocycles. The van der Waals surface area contributed by atoms with Crippen LogP contribution in [0.15, 0.2) is 77.4 Å². The molecule has 0 atom stereocenters. The first-order valence-electron chi connectivity index (χ1n) is 10.3. The molecule has 0 aliphatic heterocycles. The molecule has 0 saturated heterocycles. The van der Waals surface area contributed by atoms with Crippen LogP contribution in [-0.4, -0.2) is 18.1 Å². The Morgan fingerprint density at radius 3 is 2.39 bits per heavy atom. The number of methoxy groups -OCH3 is 1. The lowest BCUT2D eigenvalue weighted by atomic mass is 10.0. The first kappa shape index (κ1) is 22.1. The fraction of sp³-hybridized carbons (Fsp3) is 0.154. The van der Waals surface area contributed by atoms with E-state index in [0.717, 1.165) is 11.1 Å². The molecule has 4 aromatic rings. The van der Waals surface area contributed by atoms with Gasteiger partial charge in [0.25, 0.3) is 0 Å². The van der Waals surface area contributed by atoms with E-state index in [4.69, 9.17) is 18.6 Å². The van der Waals surface area contributed by atoms with Crippen LogP contribution in [-0.2, 0) is 18.0 Å². The highest BCUT2D eigenvalue weighted by Crippen LogP contribution is 2.24. The van der Waals surface area contributed by atoms with Crippen molar-refractivity contribution in [3.63, 3.8) is 0 Å². The number of rotatable bonds is 8. The Kier molecular flexibility index (Phi) is 6.69. The van der Waals surface area contributed by atoms with Crippen LogP contribution in [0.1, 0.15) is 27.2 Å². The lowest BCUT2D eigenvalue weighted by Gasteiger charge is -2.13. The number of halogens is 1. The summed E-state index contributed by atoms with van der Waals surface area (Å²) < 4.78 is 35.2. The van der Waals surface area contributed by atoms with Gasteiger partial charge in [-0.25, -0.2) is 14.2 Å². The van der Waals surface area contributed by atoms with Gasteiger partial charge in [-0.1, -0.05) is 24.3 Å². The number of aromatic nitrogens is 1. The van der Waals surface area contributed by atoms with E-state index >= 15 is 0 Å². The zero-order chi connectivity index (χ0) is 23.2. The number of carbonyl (C=O) groups is 1. The molecular weight excluding hydrogens is 425 g/mol. The molecule has 0 spiro atoms. The number of ether oxygens (including phenoxy) is 3. The molecule has 0 unspecified atom stereocenters. The highest BCUT2D eigenvalue weighted by Gasteiger charge is 2.15. The highest BCUT2D eigenvalue weighted by atomic mass is 19.1. The maximum atomic E-state index is 13.1. The Labute approximate surface area is 190 Å². The minimum Gasteiger partial charge on any atom is -0.489 e. The molecule has 33 heavy (non-hydrogen) atoms. The van der Waals surface area contributed by atoms with Crippen LogP contribution in [0.2, 0.25) is 0 Å². The van der Waals surface area contributed by atoms with Gasteiger partial charge in [0, 0.05) is 17.2 Å². The van der Waals surface area contributed by atoms with Gasteiger partial charge in [-0.2, -0.15) is 0 Å². The average molecular weight is 447 g/mol. The third-order valence-electron chi connectivity index (χ3n) is 4.98. The van der Waals surface area contributed by atoms with Crippen LogP contribution in [0.25, 0.3) is 11.5 Å². The van der Waals surface area contributed by atoms with E-state index in [1.165, 1.54) is 25.5 Å². The number of benzene rings is 3. The van der Waals surface area contributed by atoms with Gasteiger partial charge in [0.15, 0.2) is 0 Å². The van der Waals surface area contributed by atoms with Crippen molar-refractivity contribution in [3.8, 4) is 23.0 Å². The van der Waals surface area contributed by atoms with Gasteiger partial charge in [-0.15, -0.1) is 0 Å². The molecule has 0 amide bonds. The van der Waals surface area contributed by atoms with Gasteiger partial charge in [-0.3, -0.25) is 0 Å². The molecule has 1 heterocycles. The largest absolute Gasteiger partial charge is 0.489 e. The summed E-state index contributed by atoms with van der Waals surface area (Å²) >= 11 is 0. The lowest BCUT2D eigenvalue weighted by Crippen LogP contribution is -2.10. The van der Waals surface area contributed by atoms with Crippen molar-refractivity contribution in [1.82, 2.24) is 4.98 Å². The summed E-state index contributed by atoms with van der Waals surface area (Å²) in [7, 11) is 1.36. The monoisotopic (exact) mass is 447 g/mol. The molecule has 4 rings (SSSR count). The number of hydrogen-bond donors (Lipinski definition) is 0. The smallest absolute Gasteiger partial charge is 0.338 e. The first-order valence-corrected chi connectivity index (χ1v) is 10.3. The number of carbonyl (C=O) groups excluding carboxylic acids is 1. The van der Waals surface area contributed by atoms with Crippen LogP contribution in [0, 0.1) is 12.7 Å². The van der Waals surface area contributed by atoms with Crippen molar-refractivity contribution in [1.29, 1.82) is 0 Å². The van der Waals surface area contributed by atoms with Crippen molar-refractivity contribution in [2.75, 3.05) is 7.11 Å². The van der Waals surface area contributed by atoms with Crippen LogP contribution in [0.3, 0.4) is 0 Å². The second kappa shape index (κ2) is 9.99. The van der Waals surface area contributed by atoms with Crippen molar-refractivity contribution in [2.45, 2.75) is 20.1 Å². The molecule has 7 heteroatoms. The number of aryl methyl sites for hydroxylation is 1.